The van der Waals surface area contributed by atoms with Crippen LogP contribution in [-0.4, -0.2) is 121 Å². The molecule has 2 fully saturated rings. The molecule has 0 bridgehead atoms. The number of hydrogen-bond acceptors (Lipinski definition) is 15. The third-order valence-corrected chi connectivity index (χ3v) is 5.74. The zero-order valence-corrected chi connectivity index (χ0v) is 22.7. The van der Waals surface area contributed by atoms with Gasteiger partial charge in [0.15, 0.2) is 0 Å². The summed E-state index contributed by atoms with van der Waals surface area (Å²) in [6, 6.07) is 0. The molecule has 7 amide bonds. The van der Waals surface area contributed by atoms with Crippen molar-refractivity contribution in [1.82, 2.24) is 20.3 Å². The summed E-state index contributed by atoms with van der Waals surface area (Å²) in [7, 11) is 0. The van der Waals surface area contributed by atoms with Crippen molar-refractivity contribution in [3.63, 3.8) is 0 Å². The number of carbonyl (C=O) groups is 9. The van der Waals surface area contributed by atoms with Crippen molar-refractivity contribution in [3.05, 3.63) is 12.2 Å². The number of hydrogen-bond donors (Lipinski definition) is 1. The summed E-state index contributed by atoms with van der Waals surface area (Å²) in [4.78, 5) is 115. The minimum Gasteiger partial charge on any atom is -0.430 e. The fourth-order valence-electron chi connectivity index (χ4n) is 3.60. The predicted molar refractivity (Wildman–Crippen MR) is 131 cm³/mol. The van der Waals surface area contributed by atoms with Crippen molar-refractivity contribution >= 4 is 53.7 Å². The molecule has 1 N–H and O–H groups in total. The van der Waals surface area contributed by atoms with E-state index in [0.29, 0.717) is 10.1 Å². The first-order valence-corrected chi connectivity index (χ1v) is 13.0. The van der Waals surface area contributed by atoms with Gasteiger partial charge in [0.1, 0.15) is 13.2 Å². The van der Waals surface area contributed by atoms with Gasteiger partial charge in [0.05, 0.1) is 25.9 Å². The number of carbonyl (C=O) groups excluding carboxylic acids is 9. The molecule has 0 aliphatic carbocycles. The maximum Gasteiger partial charge on any atom is 0.534 e. The summed E-state index contributed by atoms with van der Waals surface area (Å²) >= 11 is 0. The zero-order valence-electron chi connectivity index (χ0n) is 22.7. The Morgan fingerprint density at radius 1 is 0.721 bits per heavy atom. The van der Waals surface area contributed by atoms with Crippen LogP contribution < -0.4 is 5.32 Å². The molecule has 1 atom stereocenters. The monoisotopic (exact) mass is 612 g/mol. The average Bonchev–Trinajstić information content (AvgIpc) is 3.58. The maximum atomic E-state index is 12.2. The number of nitrogens with zero attached hydrogens (tertiary/aromatic N) is 3. The van der Waals surface area contributed by atoms with E-state index in [-0.39, 0.29) is 78.2 Å². The van der Waals surface area contributed by atoms with E-state index in [2.05, 4.69) is 15.0 Å². The summed E-state index contributed by atoms with van der Waals surface area (Å²) in [5, 5.41) is 3.18. The van der Waals surface area contributed by atoms with Crippen molar-refractivity contribution in [3.8, 4) is 0 Å². The second-order valence-electron chi connectivity index (χ2n) is 8.83. The highest BCUT2D eigenvalue weighted by atomic mass is 16.8. The van der Waals surface area contributed by atoms with Gasteiger partial charge in [0.2, 0.25) is 5.91 Å². The molecule has 0 aromatic heterocycles. The van der Waals surface area contributed by atoms with Crippen LogP contribution in [0.15, 0.2) is 12.2 Å². The van der Waals surface area contributed by atoms with E-state index in [1.54, 1.807) is 0 Å². The van der Waals surface area contributed by atoms with Gasteiger partial charge in [0.25, 0.3) is 35.4 Å². The molecule has 3 rings (SSSR count). The van der Waals surface area contributed by atoms with Gasteiger partial charge in [-0.25, -0.2) is 9.59 Å². The Labute approximate surface area is 242 Å². The number of ether oxygens (including phenoxy) is 4. The Balaban J connectivity index is 1.38. The number of rotatable bonds is 16. The van der Waals surface area contributed by atoms with Crippen LogP contribution in [0.3, 0.4) is 0 Å². The van der Waals surface area contributed by atoms with Crippen LogP contribution in [-0.2, 0) is 62.2 Å². The van der Waals surface area contributed by atoms with Crippen LogP contribution in [0.1, 0.15) is 32.1 Å². The Hall–Kier alpha value is -4.91. The van der Waals surface area contributed by atoms with Crippen LogP contribution in [0.5, 0.6) is 0 Å². The van der Waals surface area contributed by atoms with Crippen LogP contribution in [0, 0.1) is 0 Å². The molecule has 19 nitrogen and oxygen atoms in total. The van der Waals surface area contributed by atoms with Crippen molar-refractivity contribution < 1.29 is 71.8 Å². The minimum absolute atomic E-state index is 0.0805. The molecule has 0 radical (unpaired) electrons. The molecule has 43 heavy (non-hydrogen) atoms. The molecule has 0 aromatic rings. The molecule has 3 aliphatic heterocycles. The van der Waals surface area contributed by atoms with E-state index >= 15 is 0 Å². The molecular formula is C24H28N4O15. The van der Waals surface area contributed by atoms with Crippen molar-refractivity contribution in [2.75, 3.05) is 46.1 Å². The van der Waals surface area contributed by atoms with Crippen molar-refractivity contribution in [2.24, 2.45) is 0 Å². The lowest BCUT2D eigenvalue weighted by Gasteiger charge is -2.20. The lowest BCUT2D eigenvalue weighted by Crippen LogP contribution is -2.39. The van der Waals surface area contributed by atoms with Crippen LogP contribution in [0.25, 0.3) is 0 Å². The third-order valence-electron chi connectivity index (χ3n) is 5.74. The van der Waals surface area contributed by atoms with E-state index < -0.39 is 59.8 Å². The number of imide groups is 3. The number of hydroxylamine groups is 4. The fraction of sp³-hybridized carbons (Fsp3) is 0.542. The second-order valence-corrected chi connectivity index (χ2v) is 8.83. The Kier molecular flexibility index (Phi) is 12.1. The summed E-state index contributed by atoms with van der Waals surface area (Å²) < 4.78 is 20.4. The Morgan fingerprint density at radius 3 is 1.72 bits per heavy atom. The highest BCUT2D eigenvalue weighted by Gasteiger charge is 2.34. The topological polar surface area (TPSA) is 231 Å². The molecule has 0 saturated carbocycles. The van der Waals surface area contributed by atoms with Gasteiger partial charge in [-0.05, 0) is 0 Å². The lowest BCUT2D eigenvalue weighted by atomic mass is 10.3. The molecule has 234 valence electrons. The van der Waals surface area contributed by atoms with Crippen molar-refractivity contribution in [2.45, 2.75) is 38.2 Å². The first kappa shape index (κ1) is 32.6. The minimum atomic E-state index is -1.31. The van der Waals surface area contributed by atoms with Crippen LogP contribution >= 0.6 is 0 Å². The van der Waals surface area contributed by atoms with Gasteiger partial charge in [-0.15, -0.1) is 0 Å². The fourth-order valence-corrected chi connectivity index (χ4v) is 3.60. The summed E-state index contributed by atoms with van der Waals surface area (Å²) in [6.07, 6.45) is -1.78. The number of nitrogens with one attached hydrogen (secondary N) is 1. The maximum absolute atomic E-state index is 12.2. The normalized spacial score (nSPS) is 17.2. The molecular weight excluding hydrogens is 584 g/mol. The smallest absolute Gasteiger partial charge is 0.430 e. The molecule has 3 heterocycles. The van der Waals surface area contributed by atoms with E-state index in [1.165, 1.54) is 0 Å². The quantitative estimate of drug-likeness (QED) is 0.116. The van der Waals surface area contributed by atoms with Crippen LogP contribution in [0.2, 0.25) is 0 Å². The van der Waals surface area contributed by atoms with Gasteiger partial charge in [-0.2, -0.15) is 0 Å². The van der Waals surface area contributed by atoms with Gasteiger partial charge in [0, 0.05) is 57.3 Å². The average molecular weight is 613 g/mol. The Bertz CT molecular complexity index is 1140. The largest absolute Gasteiger partial charge is 0.534 e. The summed E-state index contributed by atoms with van der Waals surface area (Å²) in [5.41, 5.74) is 0. The molecule has 2 saturated heterocycles. The highest BCUT2D eigenvalue weighted by molar-refractivity contribution is 6.13. The molecule has 1 unspecified atom stereocenters. The highest BCUT2D eigenvalue weighted by Crippen LogP contribution is 2.13. The molecule has 0 aromatic carbocycles. The first-order valence-electron chi connectivity index (χ1n) is 13.0. The third kappa shape index (κ3) is 10.1. The summed E-state index contributed by atoms with van der Waals surface area (Å²) in [5.74, 6) is -4.30. The Morgan fingerprint density at radius 2 is 1.21 bits per heavy atom. The second kappa shape index (κ2) is 15.9. The van der Waals surface area contributed by atoms with Gasteiger partial charge >= 0.3 is 12.3 Å². The first-order chi connectivity index (χ1) is 20.5. The van der Waals surface area contributed by atoms with Gasteiger partial charge in [-0.3, -0.25) is 48.1 Å². The van der Waals surface area contributed by atoms with E-state index in [4.69, 9.17) is 18.9 Å². The van der Waals surface area contributed by atoms with Crippen LogP contribution in [0.4, 0.5) is 9.59 Å². The molecule has 0 spiro atoms. The van der Waals surface area contributed by atoms with E-state index in [0.717, 1.165) is 17.1 Å². The van der Waals surface area contributed by atoms with Gasteiger partial charge in [-0.1, -0.05) is 10.1 Å². The lowest BCUT2D eigenvalue weighted by molar-refractivity contribution is -0.178. The van der Waals surface area contributed by atoms with E-state index in [9.17, 15) is 43.2 Å². The SMILES string of the molecule is O=C(CCN1C(=O)C=CC1=O)NCC(COCCOC(=O)ON1C(=O)CCC1=O)OCCOC(=O)ON1C(=O)CCC1=O. The number of amides is 7. The summed E-state index contributed by atoms with van der Waals surface area (Å²) in [6.45, 7) is -1.55. The standard InChI is InChI=1S/C24H28N4O15/c29-16(7-8-26-17(30)1-2-18(26)31)25-13-15(39-11-12-41-24(37)43-28-21(34)5-6-22(28)35)14-38-9-10-40-23(36)42-27-19(32)3-4-20(27)33/h1-2,15H,3-14H2,(H,25,29). The molecule has 19 heteroatoms. The van der Waals surface area contributed by atoms with Gasteiger partial charge < -0.3 is 24.3 Å². The molecule has 3 aliphatic rings. The zero-order chi connectivity index (χ0) is 31.4. The van der Waals surface area contributed by atoms with Crippen molar-refractivity contribution in [1.29, 1.82) is 0 Å². The predicted octanol–water partition coefficient (Wildman–Crippen LogP) is -1.75. The van der Waals surface area contributed by atoms with E-state index in [1.807, 2.05) is 0 Å².